The molecule has 6 heteroatoms. The highest BCUT2D eigenvalue weighted by Crippen LogP contribution is 2.39. The van der Waals surface area contributed by atoms with E-state index in [1.165, 1.54) is 24.8 Å². The first-order chi connectivity index (χ1) is 14.7. The zero-order chi connectivity index (χ0) is 22.6. The van der Waals surface area contributed by atoms with E-state index >= 15 is 0 Å². The summed E-state index contributed by atoms with van der Waals surface area (Å²) < 4.78 is 5.83. The number of hydrogen-bond donors (Lipinski definition) is 3. The molecular formula is C25H38N2O4. The maximum absolute atomic E-state index is 11.9. The van der Waals surface area contributed by atoms with Gasteiger partial charge in [0.1, 0.15) is 0 Å². The van der Waals surface area contributed by atoms with Gasteiger partial charge in [0.05, 0.1) is 12.0 Å². The summed E-state index contributed by atoms with van der Waals surface area (Å²) in [5.41, 5.74) is 8.00. The van der Waals surface area contributed by atoms with Gasteiger partial charge in [0.15, 0.2) is 0 Å². The van der Waals surface area contributed by atoms with E-state index in [2.05, 4.69) is 19.2 Å². The molecule has 31 heavy (non-hydrogen) atoms. The molecule has 0 radical (unpaired) electrons. The molecule has 2 aliphatic carbocycles. The summed E-state index contributed by atoms with van der Waals surface area (Å²) in [4.78, 5) is 23.6. The van der Waals surface area contributed by atoms with Crippen LogP contribution in [0.5, 0.6) is 0 Å². The van der Waals surface area contributed by atoms with Gasteiger partial charge in [-0.15, -0.1) is 0 Å². The number of carbonyl (C=O) groups excluding carboxylic acids is 1. The monoisotopic (exact) mass is 430 g/mol. The molecule has 3 unspecified atom stereocenters. The van der Waals surface area contributed by atoms with Crippen LogP contribution in [-0.2, 0) is 21.4 Å². The molecule has 1 fully saturated rings. The average Bonchev–Trinajstić information content (AvgIpc) is 2.74. The molecule has 0 bridgehead atoms. The molecule has 0 spiro atoms. The number of primary amides is 1. The molecule has 3 atom stereocenters. The second kappa shape index (κ2) is 10.1. The van der Waals surface area contributed by atoms with Crippen LogP contribution >= 0.6 is 0 Å². The Morgan fingerprint density at radius 2 is 1.97 bits per heavy atom. The summed E-state index contributed by atoms with van der Waals surface area (Å²) in [7, 11) is 1.72. The highest BCUT2D eigenvalue weighted by atomic mass is 16.5. The van der Waals surface area contributed by atoms with Crippen LogP contribution in [0, 0.1) is 11.8 Å². The van der Waals surface area contributed by atoms with Crippen LogP contribution in [0.25, 0.3) is 0 Å². The van der Waals surface area contributed by atoms with Crippen molar-refractivity contribution in [3.05, 3.63) is 34.9 Å². The normalized spacial score (nSPS) is 24.4. The van der Waals surface area contributed by atoms with E-state index in [4.69, 9.17) is 10.5 Å². The standard InChI is InChI=1S/C25H38N2O4/c1-25(2)20-14-18(23(26)28)10-9-17(20)15-21(31-3)22(25)27-12-11-19(24(29)30)13-16-7-5-4-6-8-16/h9-10,14,16,19,21-22,27H,4-8,11-13,15H2,1-3H3,(H2,26,28)(H,29,30). The third kappa shape index (κ3) is 5.47. The van der Waals surface area contributed by atoms with Crippen LogP contribution < -0.4 is 11.1 Å². The van der Waals surface area contributed by atoms with Gasteiger partial charge in [-0.2, -0.15) is 0 Å². The van der Waals surface area contributed by atoms with Gasteiger partial charge in [-0.05, 0) is 48.6 Å². The largest absolute Gasteiger partial charge is 0.481 e. The summed E-state index contributed by atoms with van der Waals surface area (Å²) in [6, 6.07) is 5.67. The topological polar surface area (TPSA) is 102 Å². The fourth-order valence-corrected chi connectivity index (χ4v) is 5.66. The van der Waals surface area contributed by atoms with Crippen LogP contribution in [0.3, 0.4) is 0 Å². The van der Waals surface area contributed by atoms with Crippen LogP contribution in [0.2, 0.25) is 0 Å². The van der Waals surface area contributed by atoms with E-state index < -0.39 is 11.9 Å². The van der Waals surface area contributed by atoms with Crippen molar-refractivity contribution in [3.8, 4) is 0 Å². The lowest BCUT2D eigenvalue weighted by Gasteiger charge is -2.45. The Kier molecular flexibility index (Phi) is 7.76. The zero-order valence-electron chi connectivity index (χ0n) is 19.2. The summed E-state index contributed by atoms with van der Waals surface area (Å²) in [5, 5.41) is 13.4. The van der Waals surface area contributed by atoms with Crippen molar-refractivity contribution in [2.45, 2.75) is 82.8 Å². The Morgan fingerprint density at radius 3 is 2.58 bits per heavy atom. The van der Waals surface area contributed by atoms with Crippen molar-refractivity contribution in [1.82, 2.24) is 5.32 Å². The van der Waals surface area contributed by atoms with Crippen LogP contribution in [0.1, 0.15) is 80.3 Å². The maximum atomic E-state index is 11.9. The van der Waals surface area contributed by atoms with E-state index in [1.807, 2.05) is 12.1 Å². The molecule has 3 rings (SSSR count). The Morgan fingerprint density at radius 1 is 1.26 bits per heavy atom. The molecule has 6 nitrogen and oxygen atoms in total. The number of rotatable bonds is 9. The number of carbonyl (C=O) groups is 2. The van der Waals surface area contributed by atoms with E-state index in [1.54, 1.807) is 13.2 Å². The molecule has 1 saturated carbocycles. The minimum atomic E-state index is -0.685. The SMILES string of the molecule is COC1Cc2ccc(C(N)=O)cc2C(C)(C)C1NCCC(CC1CCCCC1)C(=O)O. The minimum Gasteiger partial charge on any atom is -0.481 e. The minimum absolute atomic E-state index is 0.0113. The van der Waals surface area contributed by atoms with Crippen molar-refractivity contribution in [2.24, 2.45) is 17.6 Å². The number of amides is 1. The number of hydrogen-bond acceptors (Lipinski definition) is 4. The van der Waals surface area contributed by atoms with Gasteiger partial charge in [-0.1, -0.05) is 52.0 Å². The second-order valence-corrected chi connectivity index (χ2v) is 9.93. The fourth-order valence-electron chi connectivity index (χ4n) is 5.66. The van der Waals surface area contributed by atoms with Gasteiger partial charge in [0.2, 0.25) is 5.91 Å². The number of carboxylic acid groups (broad SMARTS) is 1. The first kappa shape index (κ1) is 23.7. The highest BCUT2D eigenvalue weighted by molar-refractivity contribution is 5.93. The van der Waals surface area contributed by atoms with E-state index in [-0.39, 0.29) is 23.5 Å². The van der Waals surface area contributed by atoms with Gasteiger partial charge in [-0.25, -0.2) is 0 Å². The van der Waals surface area contributed by atoms with E-state index in [9.17, 15) is 14.7 Å². The molecule has 0 aromatic heterocycles. The molecule has 1 aromatic carbocycles. The van der Waals surface area contributed by atoms with Crippen molar-refractivity contribution in [2.75, 3.05) is 13.7 Å². The quantitative estimate of drug-likeness (QED) is 0.555. The van der Waals surface area contributed by atoms with Gasteiger partial charge in [-0.3, -0.25) is 9.59 Å². The summed E-state index contributed by atoms with van der Waals surface area (Å²) in [6.45, 7) is 4.93. The lowest BCUT2D eigenvalue weighted by atomic mass is 9.67. The number of carboxylic acids is 1. The number of methoxy groups -OCH3 is 1. The molecular weight excluding hydrogens is 392 g/mol. The molecule has 0 aliphatic heterocycles. The highest BCUT2D eigenvalue weighted by Gasteiger charge is 2.42. The molecule has 1 amide bonds. The van der Waals surface area contributed by atoms with Crippen LogP contribution in [0.4, 0.5) is 0 Å². The Bertz CT molecular complexity index is 786. The van der Waals surface area contributed by atoms with Crippen LogP contribution in [0.15, 0.2) is 18.2 Å². The van der Waals surface area contributed by atoms with Crippen molar-refractivity contribution < 1.29 is 19.4 Å². The molecule has 4 N–H and O–H groups in total. The van der Waals surface area contributed by atoms with Gasteiger partial charge < -0.3 is 20.9 Å². The Balaban J connectivity index is 1.69. The smallest absolute Gasteiger partial charge is 0.306 e. The van der Waals surface area contributed by atoms with E-state index in [0.29, 0.717) is 24.4 Å². The molecule has 1 aromatic rings. The number of nitrogens with two attached hydrogens (primary N) is 1. The maximum Gasteiger partial charge on any atom is 0.306 e. The predicted octanol–water partition coefficient (Wildman–Crippen LogP) is 3.65. The van der Waals surface area contributed by atoms with E-state index in [0.717, 1.165) is 31.2 Å². The van der Waals surface area contributed by atoms with Crippen molar-refractivity contribution >= 4 is 11.9 Å². The van der Waals surface area contributed by atoms with Gasteiger partial charge in [0, 0.05) is 30.6 Å². The summed E-state index contributed by atoms with van der Waals surface area (Å²) in [6.07, 6.45) is 8.19. The van der Waals surface area contributed by atoms with Gasteiger partial charge >= 0.3 is 5.97 Å². The molecule has 172 valence electrons. The number of aliphatic carboxylic acids is 1. The van der Waals surface area contributed by atoms with Gasteiger partial charge in [0.25, 0.3) is 0 Å². The first-order valence-electron chi connectivity index (χ1n) is 11.7. The third-order valence-corrected chi connectivity index (χ3v) is 7.51. The molecule has 2 aliphatic rings. The molecule has 0 saturated heterocycles. The number of ether oxygens (including phenoxy) is 1. The number of benzene rings is 1. The number of fused-ring (bicyclic) bond motifs is 1. The molecule has 0 heterocycles. The lowest BCUT2D eigenvalue weighted by Crippen LogP contribution is -2.57. The Labute approximate surface area is 185 Å². The first-order valence-corrected chi connectivity index (χ1v) is 11.7. The van der Waals surface area contributed by atoms with Crippen LogP contribution in [-0.4, -0.2) is 42.8 Å². The summed E-state index contributed by atoms with van der Waals surface area (Å²) >= 11 is 0. The second-order valence-electron chi connectivity index (χ2n) is 9.93. The Hall–Kier alpha value is -1.92. The van der Waals surface area contributed by atoms with Crippen molar-refractivity contribution in [1.29, 1.82) is 0 Å². The lowest BCUT2D eigenvalue weighted by molar-refractivity contribution is -0.142. The predicted molar refractivity (Wildman–Crippen MR) is 121 cm³/mol. The van der Waals surface area contributed by atoms with Crippen molar-refractivity contribution in [3.63, 3.8) is 0 Å². The third-order valence-electron chi connectivity index (χ3n) is 7.51. The fraction of sp³-hybridized carbons (Fsp3) is 0.680. The average molecular weight is 431 g/mol. The summed E-state index contributed by atoms with van der Waals surface area (Å²) in [5.74, 6) is -0.872. The number of nitrogens with one attached hydrogen (secondary N) is 1. The zero-order valence-corrected chi connectivity index (χ0v) is 19.2.